The van der Waals surface area contributed by atoms with E-state index in [4.69, 9.17) is 5.11 Å². The Kier molecular flexibility index (Phi) is 9.26. The molecule has 9 nitrogen and oxygen atoms in total. The third kappa shape index (κ3) is 6.59. The Morgan fingerprint density at radius 1 is 1.03 bits per heavy atom. The van der Waals surface area contributed by atoms with Crippen molar-refractivity contribution in [2.24, 2.45) is 5.41 Å². The first-order valence-corrected chi connectivity index (χ1v) is 11.6. The molecule has 3 rings (SSSR count). The number of likely N-dealkylation sites (tertiary alicyclic amines) is 2. The minimum absolute atomic E-state index is 0.0308. The maximum atomic E-state index is 13.3. The number of nitrogens with zero attached hydrogens (tertiary/aromatic N) is 2. The van der Waals surface area contributed by atoms with Crippen LogP contribution in [0.4, 0.5) is 9.18 Å². The van der Waals surface area contributed by atoms with Crippen LogP contribution in [0.15, 0.2) is 24.3 Å². The molecule has 2 heterocycles. The predicted octanol–water partition coefficient (Wildman–Crippen LogP) is 1.67. The normalized spacial score (nSPS) is 21.1. The zero-order valence-corrected chi connectivity index (χ0v) is 20.9. The van der Waals surface area contributed by atoms with Gasteiger partial charge in [-0.25, -0.2) is 9.18 Å². The van der Waals surface area contributed by atoms with Gasteiger partial charge in [-0.1, -0.05) is 20.8 Å². The third-order valence-electron chi connectivity index (χ3n) is 6.39. The Morgan fingerprint density at radius 3 is 2.03 bits per heavy atom. The number of likely N-dealkylation sites (N-methyl/N-ethyl adjacent to an activating group) is 1. The van der Waals surface area contributed by atoms with Crippen molar-refractivity contribution in [1.82, 2.24) is 25.8 Å². The summed E-state index contributed by atoms with van der Waals surface area (Å²) in [6.45, 7) is 8.91. The summed E-state index contributed by atoms with van der Waals surface area (Å²) in [4.78, 5) is 41.4. The minimum Gasteiger partial charge on any atom is -0.508 e. The Bertz CT molecular complexity index is 837. The quantitative estimate of drug-likeness (QED) is 0.525. The highest BCUT2D eigenvalue weighted by Gasteiger charge is 2.48. The van der Waals surface area contributed by atoms with E-state index in [1.165, 1.54) is 24.3 Å². The maximum absolute atomic E-state index is 13.3. The highest BCUT2D eigenvalue weighted by atomic mass is 19.1. The molecule has 1 aromatic carbocycles. The fourth-order valence-electron chi connectivity index (χ4n) is 4.31. The summed E-state index contributed by atoms with van der Waals surface area (Å²) < 4.78 is 12.0. The van der Waals surface area contributed by atoms with Crippen LogP contribution in [0.5, 0.6) is 5.75 Å². The molecule has 0 radical (unpaired) electrons. The first-order chi connectivity index (χ1) is 15.9. The lowest BCUT2D eigenvalue weighted by atomic mass is 9.85. The number of benzene rings is 1. The topological polar surface area (TPSA) is 114 Å². The van der Waals surface area contributed by atoms with Crippen molar-refractivity contribution >= 4 is 17.8 Å². The zero-order chi connectivity index (χ0) is 25.6. The summed E-state index contributed by atoms with van der Waals surface area (Å²) >= 11 is 0. The number of phenols is 1. The van der Waals surface area contributed by atoms with E-state index in [-0.39, 0.29) is 47.5 Å². The lowest BCUT2D eigenvalue weighted by Crippen LogP contribution is -2.58. The van der Waals surface area contributed by atoms with Crippen molar-refractivity contribution in [3.8, 4) is 5.75 Å². The van der Waals surface area contributed by atoms with E-state index in [0.29, 0.717) is 13.1 Å². The second-order valence-electron chi connectivity index (χ2n) is 9.79. The van der Waals surface area contributed by atoms with Gasteiger partial charge in [0, 0.05) is 20.1 Å². The average Bonchev–Trinajstić information content (AvgIpc) is 3.39. The van der Waals surface area contributed by atoms with E-state index < -0.39 is 11.5 Å². The van der Waals surface area contributed by atoms with E-state index >= 15 is 0 Å². The van der Waals surface area contributed by atoms with Crippen LogP contribution in [0.3, 0.4) is 0 Å². The van der Waals surface area contributed by atoms with Gasteiger partial charge in [0.2, 0.25) is 11.8 Å². The molecule has 0 aromatic heterocycles. The lowest BCUT2D eigenvalue weighted by Gasteiger charge is -2.36. The van der Waals surface area contributed by atoms with Gasteiger partial charge in [0.1, 0.15) is 17.6 Å². The smallest absolute Gasteiger partial charge is 0.317 e. The van der Waals surface area contributed by atoms with Gasteiger partial charge in [-0.3, -0.25) is 9.59 Å². The van der Waals surface area contributed by atoms with E-state index in [9.17, 15) is 18.8 Å². The fraction of sp³-hybridized carbons (Fsp3) is 0.625. The number of carbonyl (C=O) groups excluding carboxylic acids is 3. The Balaban J connectivity index is 0.000000430. The summed E-state index contributed by atoms with van der Waals surface area (Å²) in [7, 11) is 3.34. The summed E-state index contributed by atoms with van der Waals surface area (Å²) in [6.07, 6.45) is 1.56. The van der Waals surface area contributed by atoms with Gasteiger partial charge in [-0.05, 0) is 56.5 Å². The van der Waals surface area contributed by atoms with Crippen LogP contribution in [0.25, 0.3) is 0 Å². The van der Waals surface area contributed by atoms with Crippen LogP contribution in [0.2, 0.25) is 0 Å². The minimum atomic E-state index is -0.599. The second kappa shape index (κ2) is 11.5. The van der Waals surface area contributed by atoms with Gasteiger partial charge in [-0.2, -0.15) is 0 Å². The maximum Gasteiger partial charge on any atom is 0.317 e. The summed E-state index contributed by atoms with van der Waals surface area (Å²) in [5.41, 5.74) is -0.405. The molecule has 4 atom stereocenters. The van der Waals surface area contributed by atoms with Crippen LogP contribution >= 0.6 is 0 Å². The lowest BCUT2D eigenvalue weighted by molar-refractivity contribution is -0.140. The van der Waals surface area contributed by atoms with E-state index in [1.54, 1.807) is 21.0 Å². The van der Waals surface area contributed by atoms with Gasteiger partial charge >= 0.3 is 6.03 Å². The molecule has 10 heteroatoms. The Labute approximate surface area is 201 Å². The summed E-state index contributed by atoms with van der Waals surface area (Å²) in [6, 6.07) is 4.05. The number of aromatic hydroxyl groups is 1. The number of hydrogen-bond acceptors (Lipinski definition) is 5. The van der Waals surface area contributed by atoms with Gasteiger partial charge < -0.3 is 30.9 Å². The van der Waals surface area contributed by atoms with Crippen LogP contribution in [0, 0.1) is 11.2 Å². The second-order valence-corrected chi connectivity index (χ2v) is 9.79. The Morgan fingerprint density at radius 2 is 1.56 bits per heavy atom. The van der Waals surface area contributed by atoms with Crippen molar-refractivity contribution in [3.63, 3.8) is 0 Å². The molecule has 190 valence electrons. The molecule has 34 heavy (non-hydrogen) atoms. The molecule has 2 saturated heterocycles. The molecule has 4 N–H and O–H groups in total. The van der Waals surface area contributed by atoms with E-state index in [1.807, 2.05) is 30.6 Å². The number of amides is 4. The SMILES string of the molecule is CNC(=O)N1CCC2C1CCN2C(=O)C(NC(=O)[C@H](C)NC)C(C)(C)C.Oc1ccc(F)cc1. The van der Waals surface area contributed by atoms with E-state index in [2.05, 4.69) is 16.0 Å². The summed E-state index contributed by atoms with van der Waals surface area (Å²) in [5, 5.41) is 17.1. The van der Waals surface area contributed by atoms with Crippen LogP contribution in [-0.2, 0) is 9.59 Å². The molecule has 2 aliphatic heterocycles. The van der Waals surface area contributed by atoms with Crippen LogP contribution < -0.4 is 16.0 Å². The van der Waals surface area contributed by atoms with Crippen molar-refractivity contribution in [1.29, 1.82) is 0 Å². The van der Waals surface area contributed by atoms with Crippen molar-refractivity contribution in [3.05, 3.63) is 30.1 Å². The van der Waals surface area contributed by atoms with Crippen molar-refractivity contribution in [2.45, 2.75) is 64.7 Å². The molecule has 0 aliphatic carbocycles. The standard InChI is InChI=1S/C18H33N5O3.C6H5FO/c1-11(19-5)15(24)21-14(18(2,3)4)16(25)22-9-7-13-12(22)8-10-23(13)17(26)20-6;7-5-1-3-6(8)4-2-5/h11-14,19H,7-10H2,1-6H3,(H,20,26)(H,21,24);1-4,8H/t11-,12?,13?,14?;/m0./s1. The van der Waals surface area contributed by atoms with Gasteiger partial charge in [0.15, 0.2) is 0 Å². The predicted molar refractivity (Wildman–Crippen MR) is 128 cm³/mol. The van der Waals surface area contributed by atoms with Gasteiger partial charge in [0.05, 0.1) is 18.1 Å². The number of phenolic OH excluding ortho intramolecular Hbond substituents is 1. The molecular weight excluding hydrogens is 441 g/mol. The first-order valence-electron chi connectivity index (χ1n) is 11.6. The fourth-order valence-corrected chi connectivity index (χ4v) is 4.31. The average molecular weight is 480 g/mol. The number of halogens is 1. The first kappa shape index (κ1) is 27.4. The van der Waals surface area contributed by atoms with Crippen LogP contribution in [-0.4, -0.2) is 84.1 Å². The monoisotopic (exact) mass is 479 g/mol. The highest BCUT2D eigenvalue weighted by Crippen LogP contribution is 2.33. The number of hydrogen-bond donors (Lipinski definition) is 4. The molecule has 0 saturated carbocycles. The third-order valence-corrected chi connectivity index (χ3v) is 6.39. The number of rotatable bonds is 4. The van der Waals surface area contributed by atoms with Crippen molar-refractivity contribution < 1.29 is 23.9 Å². The molecule has 0 bridgehead atoms. The van der Waals surface area contributed by atoms with Gasteiger partial charge in [0.25, 0.3) is 0 Å². The van der Waals surface area contributed by atoms with Gasteiger partial charge in [-0.15, -0.1) is 0 Å². The number of carbonyl (C=O) groups is 3. The molecule has 4 amide bonds. The molecule has 3 unspecified atom stereocenters. The zero-order valence-electron chi connectivity index (χ0n) is 20.9. The van der Waals surface area contributed by atoms with E-state index in [0.717, 1.165) is 12.8 Å². The number of nitrogens with one attached hydrogen (secondary N) is 3. The molecule has 2 aliphatic rings. The highest BCUT2D eigenvalue weighted by molar-refractivity contribution is 5.90. The largest absolute Gasteiger partial charge is 0.508 e. The Hall–Kier alpha value is -2.88. The number of fused-ring (bicyclic) bond motifs is 1. The molecule has 0 spiro atoms. The molecule has 2 fully saturated rings. The number of urea groups is 1. The molecule has 1 aromatic rings. The molecular formula is C24H38FN5O4. The van der Waals surface area contributed by atoms with Crippen LogP contribution in [0.1, 0.15) is 40.5 Å². The van der Waals surface area contributed by atoms with Crippen molar-refractivity contribution in [2.75, 3.05) is 27.2 Å². The summed E-state index contributed by atoms with van der Waals surface area (Å²) in [5.74, 6) is -0.482.